The molecule has 0 saturated heterocycles. The van der Waals surface area contributed by atoms with E-state index < -0.39 is 0 Å². The van der Waals surface area contributed by atoms with Crippen LogP contribution in [0.2, 0.25) is 0 Å². The van der Waals surface area contributed by atoms with Gasteiger partial charge in [-0.05, 0) is 42.1 Å². The standard InChI is InChI=1S/C12H23BrN4O/c1-8(2)17-12(10(13)6-15-17)11(16-14)5-9(3)7-18-4/h6,8-9,11,16H,5,7,14H2,1-4H3. The monoisotopic (exact) mass is 318 g/mol. The number of nitrogens with one attached hydrogen (secondary N) is 1. The molecule has 0 spiro atoms. The van der Waals surface area contributed by atoms with E-state index in [9.17, 15) is 0 Å². The van der Waals surface area contributed by atoms with Crippen LogP contribution < -0.4 is 11.3 Å². The highest BCUT2D eigenvalue weighted by molar-refractivity contribution is 9.10. The topological polar surface area (TPSA) is 65.1 Å². The maximum absolute atomic E-state index is 5.69. The van der Waals surface area contributed by atoms with Crippen molar-refractivity contribution in [2.24, 2.45) is 11.8 Å². The third-order valence-electron chi connectivity index (χ3n) is 2.90. The van der Waals surface area contributed by atoms with Crippen LogP contribution in [0.3, 0.4) is 0 Å². The highest BCUT2D eigenvalue weighted by Gasteiger charge is 2.22. The van der Waals surface area contributed by atoms with Crippen LogP contribution in [0.15, 0.2) is 10.7 Å². The Morgan fingerprint density at radius 3 is 2.67 bits per heavy atom. The van der Waals surface area contributed by atoms with Crippen molar-refractivity contribution in [3.63, 3.8) is 0 Å². The number of aromatic nitrogens is 2. The molecule has 6 heteroatoms. The Bertz CT molecular complexity index is 367. The van der Waals surface area contributed by atoms with E-state index in [0.29, 0.717) is 12.0 Å². The van der Waals surface area contributed by atoms with E-state index in [2.05, 4.69) is 47.2 Å². The number of ether oxygens (including phenoxy) is 1. The second kappa shape index (κ2) is 7.23. The second-order valence-electron chi connectivity index (χ2n) is 4.93. The highest BCUT2D eigenvalue weighted by Crippen LogP contribution is 2.29. The largest absolute Gasteiger partial charge is 0.384 e. The van der Waals surface area contributed by atoms with Crippen LogP contribution in [0.4, 0.5) is 0 Å². The fourth-order valence-electron chi connectivity index (χ4n) is 2.10. The Balaban J connectivity index is 2.90. The summed E-state index contributed by atoms with van der Waals surface area (Å²) in [5, 5.41) is 4.38. The first-order valence-electron chi connectivity index (χ1n) is 6.19. The van der Waals surface area contributed by atoms with Crippen LogP contribution >= 0.6 is 15.9 Å². The first-order valence-corrected chi connectivity index (χ1v) is 6.98. The van der Waals surface area contributed by atoms with Crippen LogP contribution in [-0.2, 0) is 4.74 Å². The van der Waals surface area contributed by atoms with Crippen molar-refractivity contribution in [2.75, 3.05) is 13.7 Å². The molecule has 0 aromatic carbocycles. The summed E-state index contributed by atoms with van der Waals surface area (Å²) in [6.07, 6.45) is 2.72. The Kier molecular flexibility index (Phi) is 6.28. The molecule has 0 radical (unpaired) electrons. The minimum atomic E-state index is 0.0643. The van der Waals surface area contributed by atoms with Gasteiger partial charge in [0.2, 0.25) is 0 Å². The molecular weight excluding hydrogens is 296 g/mol. The normalized spacial score (nSPS) is 15.1. The number of halogens is 1. The van der Waals surface area contributed by atoms with Crippen molar-refractivity contribution in [1.82, 2.24) is 15.2 Å². The summed E-state index contributed by atoms with van der Waals surface area (Å²) in [4.78, 5) is 0. The first kappa shape index (κ1) is 15.6. The van der Waals surface area contributed by atoms with Crippen molar-refractivity contribution < 1.29 is 4.74 Å². The Morgan fingerprint density at radius 2 is 2.17 bits per heavy atom. The van der Waals surface area contributed by atoms with Gasteiger partial charge in [-0.1, -0.05) is 6.92 Å². The number of hydrogen-bond acceptors (Lipinski definition) is 4. The molecule has 1 aromatic rings. The van der Waals surface area contributed by atoms with E-state index in [1.165, 1.54) is 0 Å². The number of hydrazine groups is 1. The van der Waals surface area contributed by atoms with Crippen LogP contribution in [0, 0.1) is 5.92 Å². The molecule has 0 fully saturated rings. The van der Waals surface area contributed by atoms with Gasteiger partial charge in [0.05, 0.1) is 22.4 Å². The maximum atomic E-state index is 5.69. The molecule has 1 rings (SSSR count). The van der Waals surface area contributed by atoms with Crippen LogP contribution in [-0.4, -0.2) is 23.5 Å². The predicted molar refractivity (Wildman–Crippen MR) is 76.0 cm³/mol. The third kappa shape index (κ3) is 3.78. The van der Waals surface area contributed by atoms with Gasteiger partial charge in [-0.25, -0.2) is 0 Å². The Labute approximate surface area is 117 Å². The van der Waals surface area contributed by atoms with Gasteiger partial charge in [-0.15, -0.1) is 0 Å². The third-order valence-corrected chi connectivity index (χ3v) is 3.51. The number of methoxy groups -OCH3 is 1. The number of nitrogens with two attached hydrogens (primary N) is 1. The molecule has 3 N–H and O–H groups in total. The second-order valence-corrected chi connectivity index (χ2v) is 5.79. The first-order chi connectivity index (χ1) is 8.51. The molecule has 104 valence electrons. The van der Waals surface area contributed by atoms with E-state index in [-0.39, 0.29) is 6.04 Å². The quantitative estimate of drug-likeness (QED) is 0.598. The van der Waals surface area contributed by atoms with Crippen molar-refractivity contribution in [1.29, 1.82) is 0 Å². The fraction of sp³-hybridized carbons (Fsp3) is 0.750. The molecule has 18 heavy (non-hydrogen) atoms. The molecular formula is C12H23BrN4O. The Hall–Kier alpha value is -0.430. The molecule has 0 aliphatic rings. The number of hydrogen-bond donors (Lipinski definition) is 2. The molecule has 1 heterocycles. The predicted octanol–water partition coefficient (Wildman–Crippen LogP) is 2.40. The van der Waals surface area contributed by atoms with Crippen LogP contribution in [0.25, 0.3) is 0 Å². The Morgan fingerprint density at radius 1 is 1.50 bits per heavy atom. The molecule has 0 bridgehead atoms. The highest BCUT2D eigenvalue weighted by atomic mass is 79.9. The van der Waals surface area contributed by atoms with Crippen molar-refractivity contribution in [2.45, 2.75) is 39.3 Å². The van der Waals surface area contributed by atoms with Crippen LogP contribution in [0.1, 0.15) is 45.0 Å². The van der Waals surface area contributed by atoms with E-state index >= 15 is 0 Å². The van der Waals surface area contributed by atoms with Gasteiger partial charge in [0.15, 0.2) is 0 Å². The molecule has 0 saturated carbocycles. The molecule has 5 nitrogen and oxygen atoms in total. The lowest BCUT2D eigenvalue weighted by Crippen LogP contribution is -2.32. The number of nitrogens with zero attached hydrogens (tertiary/aromatic N) is 2. The van der Waals surface area contributed by atoms with Gasteiger partial charge in [0.1, 0.15) is 0 Å². The average Bonchev–Trinajstić information content (AvgIpc) is 2.68. The van der Waals surface area contributed by atoms with Crippen molar-refractivity contribution in [3.05, 3.63) is 16.4 Å². The minimum absolute atomic E-state index is 0.0643. The summed E-state index contributed by atoms with van der Waals surface area (Å²) in [7, 11) is 1.72. The van der Waals surface area contributed by atoms with Crippen molar-refractivity contribution >= 4 is 15.9 Å². The molecule has 0 amide bonds. The zero-order valence-corrected chi connectivity index (χ0v) is 13.1. The summed E-state index contributed by atoms with van der Waals surface area (Å²) in [5.74, 6) is 6.12. The van der Waals surface area contributed by atoms with E-state index in [1.54, 1.807) is 7.11 Å². The fourth-order valence-corrected chi connectivity index (χ4v) is 2.65. The summed E-state index contributed by atoms with van der Waals surface area (Å²) < 4.78 is 8.16. The zero-order valence-electron chi connectivity index (χ0n) is 11.5. The number of rotatable bonds is 7. The van der Waals surface area contributed by atoms with E-state index in [4.69, 9.17) is 10.6 Å². The van der Waals surface area contributed by atoms with Gasteiger partial charge in [-0.3, -0.25) is 16.0 Å². The van der Waals surface area contributed by atoms with Gasteiger partial charge in [0, 0.05) is 19.8 Å². The van der Waals surface area contributed by atoms with Gasteiger partial charge < -0.3 is 4.74 Å². The van der Waals surface area contributed by atoms with Crippen LogP contribution in [0.5, 0.6) is 0 Å². The van der Waals surface area contributed by atoms with Gasteiger partial charge in [-0.2, -0.15) is 5.10 Å². The van der Waals surface area contributed by atoms with Gasteiger partial charge in [0.25, 0.3) is 0 Å². The minimum Gasteiger partial charge on any atom is -0.384 e. The van der Waals surface area contributed by atoms with E-state index in [1.807, 2.05) is 10.9 Å². The smallest absolute Gasteiger partial charge is 0.0712 e. The molecule has 0 aliphatic heterocycles. The lowest BCUT2D eigenvalue weighted by atomic mass is 10.0. The lowest BCUT2D eigenvalue weighted by molar-refractivity contribution is 0.148. The van der Waals surface area contributed by atoms with Gasteiger partial charge >= 0.3 is 0 Å². The summed E-state index contributed by atoms with van der Waals surface area (Å²) >= 11 is 3.55. The lowest BCUT2D eigenvalue weighted by Gasteiger charge is -2.23. The average molecular weight is 319 g/mol. The van der Waals surface area contributed by atoms with Crippen molar-refractivity contribution in [3.8, 4) is 0 Å². The molecule has 2 atom stereocenters. The summed E-state index contributed by atoms with van der Waals surface area (Å²) in [5.41, 5.74) is 3.98. The SMILES string of the molecule is COCC(C)CC(NN)c1c(Br)cnn1C(C)C. The summed E-state index contributed by atoms with van der Waals surface area (Å²) in [6, 6.07) is 0.370. The maximum Gasteiger partial charge on any atom is 0.0712 e. The molecule has 2 unspecified atom stereocenters. The summed E-state index contributed by atoms with van der Waals surface area (Å²) in [6.45, 7) is 7.09. The molecule has 1 aromatic heterocycles. The van der Waals surface area contributed by atoms with E-state index in [0.717, 1.165) is 23.2 Å². The zero-order chi connectivity index (χ0) is 13.7. The molecule has 0 aliphatic carbocycles.